The Bertz CT molecular complexity index is 936. The molecule has 140 valence electrons. The molecular weight excluding hydrogens is 344 g/mol. The molecule has 1 heterocycles. The highest BCUT2D eigenvalue weighted by Gasteiger charge is 2.36. The van der Waals surface area contributed by atoms with Crippen LogP contribution in [-0.2, 0) is 0 Å². The van der Waals surface area contributed by atoms with Gasteiger partial charge in [-0.2, -0.15) is 0 Å². The van der Waals surface area contributed by atoms with Gasteiger partial charge in [0.1, 0.15) is 0 Å². The van der Waals surface area contributed by atoms with Gasteiger partial charge in [-0.25, -0.2) is 4.79 Å². The Kier molecular flexibility index (Phi) is 4.99. The van der Waals surface area contributed by atoms with Crippen molar-refractivity contribution >= 4 is 23.5 Å². The number of nitrogens with zero attached hydrogens (tertiary/aromatic N) is 2. The zero-order chi connectivity index (χ0) is 19.7. The van der Waals surface area contributed by atoms with Gasteiger partial charge in [0, 0.05) is 25.3 Å². The first kappa shape index (κ1) is 18.6. The van der Waals surface area contributed by atoms with Gasteiger partial charge < -0.3 is 10.0 Å². The van der Waals surface area contributed by atoms with Crippen LogP contribution in [0.4, 0.5) is 5.69 Å². The van der Waals surface area contributed by atoms with Crippen molar-refractivity contribution < 1.29 is 19.5 Å². The maximum Gasteiger partial charge on any atom is 0.335 e. The highest BCUT2D eigenvalue weighted by Crippen LogP contribution is 2.25. The van der Waals surface area contributed by atoms with Gasteiger partial charge in [-0.3, -0.25) is 14.5 Å². The number of hydrogen-bond donors (Lipinski definition) is 1. The average molecular weight is 366 g/mol. The molecule has 27 heavy (non-hydrogen) atoms. The van der Waals surface area contributed by atoms with E-state index in [0.29, 0.717) is 6.54 Å². The molecule has 0 atom stereocenters. The Morgan fingerprint density at radius 3 is 2.33 bits per heavy atom. The minimum absolute atomic E-state index is 0.00191. The van der Waals surface area contributed by atoms with Crippen molar-refractivity contribution in [3.63, 3.8) is 0 Å². The lowest BCUT2D eigenvalue weighted by Crippen LogP contribution is -2.38. The second-order valence-corrected chi connectivity index (χ2v) is 6.68. The van der Waals surface area contributed by atoms with E-state index in [1.165, 1.54) is 34.2 Å². The van der Waals surface area contributed by atoms with Crippen LogP contribution in [0.3, 0.4) is 0 Å². The molecule has 0 aromatic heterocycles. The van der Waals surface area contributed by atoms with E-state index < -0.39 is 11.9 Å². The summed E-state index contributed by atoms with van der Waals surface area (Å²) in [6.45, 7) is 7.63. The van der Waals surface area contributed by atoms with Crippen LogP contribution in [0.2, 0.25) is 0 Å². The monoisotopic (exact) mass is 366 g/mol. The number of aryl methyl sites for hydroxylation is 2. The fourth-order valence-electron chi connectivity index (χ4n) is 3.24. The molecule has 0 saturated carbocycles. The molecule has 0 radical (unpaired) electrons. The number of fused-ring (bicyclic) bond motifs is 1. The minimum Gasteiger partial charge on any atom is -0.478 e. The molecular formula is C21H22N2O4. The van der Waals surface area contributed by atoms with E-state index in [-0.39, 0.29) is 29.1 Å². The first-order valence-corrected chi connectivity index (χ1v) is 8.89. The molecule has 0 fully saturated rings. The van der Waals surface area contributed by atoms with Gasteiger partial charge in [0.05, 0.1) is 16.7 Å². The topological polar surface area (TPSA) is 77.9 Å². The van der Waals surface area contributed by atoms with Crippen LogP contribution in [-0.4, -0.2) is 47.4 Å². The van der Waals surface area contributed by atoms with Crippen LogP contribution in [0.5, 0.6) is 0 Å². The maximum absolute atomic E-state index is 12.6. The van der Waals surface area contributed by atoms with Crippen LogP contribution in [0.1, 0.15) is 49.1 Å². The third kappa shape index (κ3) is 3.43. The van der Waals surface area contributed by atoms with Gasteiger partial charge in [0.15, 0.2) is 0 Å². The molecule has 1 aliphatic rings. The van der Waals surface area contributed by atoms with Crippen molar-refractivity contribution in [1.82, 2.24) is 4.90 Å². The number of amides is 2. The van der Waals surface area contributed by atoms with Crippen LogP contribution < -0.4 is 4.90 Å². The Hall–Kier alpha value is -3.15. The summed E-state index contributed by atoms with van der Waals surface area (Å²) < 4.78 is 0. The Balaban J connectivity index is 1.77. The quantitative estimate of drug-likeness (QED) is 0.795. The van der Waals surface area contributed by atoms with Gasteiger partial charge >= 0.3 is 5.97 Å². The van der Waals surface area contributed by atoms with E-state index in [0.717, 1.165) is 12.2 Å². The van der Waals surface area contributed by atoms with Crippen LogP contribution in [0.25, 0.3) is 0 Å². The SMILES string of the molecule is CCN(CCN1C(=O)c2ccc(C(=O)O)cc2C1=O)c1ccc(C)c(C)c1. The Labute approximate surface area is 158 Å². The summed E-state index contributed by atoms with van der Waals surface area (Å²) in [5, 5.41) is 9.09. The van der Waals surface area contributed by atoms with E-state index >= 15 is 0 Å². The number of benzene rings is 2. The molecule has 0 saturated heterocycles. The predicted molar refractivity (Wildman–Crippen MR) is 103 cm³/mol. The summed E-state index contributed by atoms with van der Waals surface area (Å²) >= 11 is 0. The van der Waals surface area contributed by atoms with E-state index in [1.54, 1.807) is 0 Å². The molecule has 2 amide bonds. The molecule has 0 aliphatic carbocycles. The summed E-state index contributed by atoms with van der Waals surface area (Å²) in [7, 11) is 0. The van der Waals surface area contributed by atoms with Crippen molar-refractivity contribution in [2.45, 2.75) is 20.8 Å². The fourth-order valence-corrected chi connectivity index (χ4v) is 3.24. The van der Waals surface area contributed by atoms with Crippen molar-refractivity contribution in [2.75, 3.05) is 24.5 Å². The molecule has 2 aromatic carbocycles. The number of imide groups is 1. The van der Waals surface area contributed by atoms with Gasteiger partial charge in [-0.05, 0) is 62.2 Å². The van der Waals surface area contributed by atoms with Crippen molar-refractivity contribution in [3.05, 3.63) is 64.2 Å². The van der Waals surface area contributed by atoms with E-state index in [4.69, 9.17) is 5.11 Å². The fraction of sp³-hybridized carbons (Fsp3) is 0.286. The first-order valence-electron chi connectivity index (χ1n) is 8.89. The van der Waals surface area contributed by atoms with Crippen LogP contribution >= 0.6 is 0 Å². The molecule has 3 rings (SSSR count). The summed E-state index contributed by atoms with van der Waals surface area (Å²) in [4.78, 5) is 39.6. The third-order valence-electron chi connectivity index (χ3n) is 5.05. The van der Waals surface area contributed by atoms with Crippen molar-refractivity contribution in [2.24, 2.45) is 0 Å². The molecule has 1 N–H and O–H groups in total. The molecule has 0 unspecified atom stereocenters. The lowest BCUT2D eigenvalue weighted by Gasteiger charge is -2.26. The van der Waals surface area contributed by atoms with Crippen molar-refractivity contribution in [1.29, 1.82) is 0 Å². The first-order chi connectivity index (χ1) is 12.8. The molecule has 2 aromatic rings. The van der Waals surface area contributed by atoms with Crippen molar-refractivity contribution in [3.8, 4) is 0 Å². The number of hydrogen-bond acceptors (Lipinski definition) is 4. The molecule has 1 aliphatic heterocycles. The average Bonchev–Trinajstić information content (AvgIpc) is 2.89. The molecule has 0 spiro atoms. The second-order valence-electron chi connectivity index (χ2n) is 6.68. The number of aromatic carboxylic acids is 1. The Morgan fingerprint density at radius 2 is 1.70 bits per heavy atom. The summed E-state index contributed by atoms with van der Waals surface area (Å²) in [5.41, 5.74) is 3.87. The van der Waals surface area contributed by atoms with E-state index in [2.05, 4.69) is 30.9 Å². The standard InChI is InChI=1S/C21H22N2O4/c1-4-22(16-7-5-13(2)14(3)11-16)9-10-23-19(24)17-8-6-15(21(26)27)12-18(17)20(23)25/h5-8,11-12H,4,9-10H2,1-3H3,(H,26,27). The lowest BCUT2D eigenvalue weighted by molar-refractivity contribution is 0.0656. The summed E-state index contributed by atoms with van der Waals surface area (Å²) in [5.74, 6) is -1.93. The van der Waals surface area contributed by atoms with Gasteiger partial charge in [-0.1, -0.05) is 6.07 Å². The van der Waals surface area contributed by atoms with Gasteiger partial charge in [0.25, 0.3) is 11.8 Å². The number of carboxylic acid groups (broad SMARTS) is 1. The minimum atomic E-state index is -1.12. The largest absolute Gasteiger partial charge is 0.478 e. The van der Waals surface area contributed by atoms with Gasteiger partial charge in [-0.15, -0.1) is 0 Å². The third-order valence-corrected chi connectivity index (χ3v) is 5.05. The van der Waals surface area contributed by atoms with E-state index in [1.807, 2.05) is 13.0 Å². The maximum atomic E-state index is 12.6. The number of carbonyl (C=O) groups is 3. The Morgan fingerprint density at radius 1 is 1.00 bits per heavy atom. The van der Waals surface area contributed by atoms with Crippen LogP contribution in [0.15, 0.2) is 36.4 Å². The molecule has 0 bridgehead atoms. The number of carboxylic acids is 1. The molecule has 6 nitrogen and oxygen atoms in total. The summed E-state index contributed by atoms with van der Waals surface area (Å²) in [6.07, 6.45) is 0. The highest BCUT2D eigenvalue weighted by atomic mass is 16.4. The number of carbonyl (C=O) groups excluding carboxylic acids is 2. The lowest BCUT2D eigenvalue weighted by atomic mass is 10.1. The zero-order valence-corrected chi connectivity index (χ0v) is 15.7. The van der Waals surface area contributed by atoms with E-state index in [9.17, 15) is 14.4 Å². The number of likely N-dealkylation sites (N-methyl/N-ethyl adjacent to an activating group) is 1. The number of anilines is 1. The smallest absolute Gasteiger partial charge is 0.335 e. The second kappa shape index (κ2) is 7.23. The molecule has 6 heteroatoms. The highest BCUT2D eigenvalue weighted by molar-refractivity contribution is 6.21. The van der Waals surface area contributed by atoms with Gasteiger partial charge in [0.2, 0.25) is 0 Å². The zero-order valence-electron chi connectivity index (χ0n) is 15.7. The van der Waals surface area contributed by atoms with Crippen LogP contribution in [0, 0.1) is 13.8 Å². The summed E-state index contributed by atoms with van der Waals surface area (Å²) in [6, 6.07) is 10.2. The number of rotatable bonds is 6. The normalized spacial score (nSPS) is 13.1. The predicted octanol–water partition coefficient (Wildman–Crippen LogP) is 3.12.